The fourth-order valence-corrected chi connectivity index (χ4v) is 4.21. The minimum atomic E-state index is -0.254. The lowest BCUT2D eigenvalue weighted by Gasteiger charge is -2.16. The summed E-state index contributed by atoms with van der Waals surface area (Å²) in [5.41, 5.74) is 2.61. The first-order chi connectivity index (χ1) is 21.6. The van der Waals surface area contributed by atoms with Crippen LogP contribution in [0.5, 0.6) is 23.3 Å². The van der Waals surface area contributed by atoms with Crippen molar-refractivity contribution in [3.05, 3.63) is 78.4 Å². The van der Waals surface area contributed by atoms with E-state index in [9.17, 15) is 4.79 Å². The smallest absolute Gasteiger partial charge is 0.265 e. The third-order valence-electron chi connectivity index (χ3n) is 6.47. The monoisotopic (exact) mass is 599 g/mol. The number of unbranched alkanes of at least 4 members (excludes halogenated alkanes) is 2. The van der Waals surface area contributed by atoms with E-state index in [1.165, 1.54) is 0 Å². The van der Waals surface area contributed by atoms with E-state index in [0.717, 1.165) is 31.4 Å². The van der Waals surface area contributed by atoms with Crippen molar-refractivity contribution in [1.82, 2.24) is 9.78 Å². The molecule has 0 atom stereocenters. The van der Waals surface area contributed by atoms with Gasteiger partial charge in [-0.1, -0.05) is 63.1 Å². The van der Waals surface area contributed by atoms with Crippen LogP contribution >= 0.6 is 0 Å². The molecule has 0 saturated heterocycles. The number of carbonyl (C=O) groups is 1. The summed E-state index contributed by atoms with van der Waals surface area (Å²) in [4.78, 5) is 13.1. The van der Waals surface area contributed by atoms with E-state index in [2.05, 4.69) is 34.5 Å². The molecule has 10 nitrogen and oxygen atoms in total. The van der Waals surface area contributed by atoms with Crippen molar-refractivity contribution < 1.29 is 23.7 Å². The Morgan fingerprint density at radius 3 is 2.05 bits per heavy atom. The number of hydrogen-bond donors (Lipinski definition) is 1. The molecule has 3 aromatic carbocycles. The van der Waals surface area contributed by atoms with Crippen molar-refractivity contribution in [2.24, 2.45) is 10.2 Å². The van der Waals surface area contributed by atoms with E-state index in [-0.39, 0.29) is 5.91 Å². The highest BCUT2D eigenvalue weighted by atomic mass is 16.5. The van der Waals surface area contributed by atoms with Crippen LogP contribution in [0.4, 0.5) is 17.1 Å². The highest BCUT2D eigenvalue weighted by molar-refractivity contribution is 6.05. The first kappa shape index (κ1) is 32.1. The molecule has 0 saturated carbocycles. The van der Waals surface area contributed by atoms with Gasteiger partial charge in [-0.15, -0.1) is 15.3 Å². The van der Waals surface area contributed by atoms with E-state index in [1.807, 2.05) is 62.4 Å². The van der Waals surface area contributed by atoms with Crippen LogP contribution < -0.4 is 24.3 Å². The summed E-state index contributed by atoms with van der Waals surface area (Å²) in [7, 11) is 0. The standard InChI is InChI=1S/C34H41N5O5/c1-5-9-21-43-29-24-28(30(44-22-10-6-2)23-27(29)35-32(40)25-17-13-11-14-18-25)36-37-31-33(41-7-3)38-39(34(31)42-8-4)26-19-15-12-16-20-26/h11-20,23-24H,5-10,21-22H2,1-4H3,(H,35,40). The van der Waals surface area contributed by atoms with Gasteiger partial charge in [0, 0.05) is 17.7 Å². The number of carbonyl (C=O) groups excluding carboxylic acids is 1. The van der Waals surface area contributed by atoms with Crippen LogP contribution in [0.15, 0.2) is 83.0 Å². The lowest BCUT2D eigenvalue weighted by atomic mass is 10.2. The Balaban J connectivity index is 1.79. The Morgan fingerprint density at radius 1 is 0.773 bits per heavy atom. The average Bonchev–Trinajstić information content (AvgIpc) is 3.39. The summed E-state index contributed by atoms with van der Waals surface area (Å²) in [6.07, 6.45) is 3.62. The van der Waals surface area contributed by atoms with Gasteiger partial charge in [0.25, 0.3) is 11.8 Å². The summed E-state index contributed by atoms with van der Waals surface area (Å²) in [6, 6.07) is 22.1. The minimum absolute atomic E-state index is 0.254. The number of nitrogens with zero attached hydrogens (tertiary/aromatic N) is 4. The first-order valence-corrected chi connectivity index (χ1v) is 15.2. The topological polar surface area (TPSA) is 109 Å². The lowest BCUT2D eigenvalue weighted by Crippen LogP contribution is -2.13. The Kier molecular flexibility index (Phi) is 12.2. The van der Waals surface area contributed by atoms with Gasteiger partial charge in [0.05, 0.1) is 37.8 Å². The molecule has 0 unspecified atom stereocenters. The molecule has 0 radical (unpaired) electrons. The molecule has 0 bridgehead atoms. The molecule has 4 rings (SSSR count). The number of ether oxygens (including phenoxy) is 4. The Morgan fingerprint density at radius 2 is 1.41 bits per heavy atom. The maximum Gasteiger partial charge on any atom is 0.265 e. The number of nitrogens with one attached hydrogen (secondary N) is 1. The van der Waals surface area contributed by atoms with Crippen LogP contribution in [0.25, 0.3) is 5.69 Å². The highest BCUT2D eigenvalue weighted by Crippen LogP contribution is 2.43. The number of benzene rings is 3. The molecule has 1 aromatic heterocycles. The van der Waals surface area contributed by atoms with E-state index >= 15 is 0 Å². The van der Waals surface area contributed by atoms with Gasteiger partial charge in [-0.2, -0.15) is 4.68 Å². The zero-order valence-corrected chi connectivity index (χ0v) is 25.9. The largest absolute Gasteiger partial charge is 0.491 e. The average molecular weight is 600 g/mol. The second kappa shape index (κ2) is 16.7. The van der Waals surface area contributed by atoms with Crippen LogP contribution in [0.2, 0.25) is 0 Å². The second-order valence-electron chi connectivity index (χ2n) is 9.81. The first-order valence-electron chi connectivity index (χ1n) is 15.2. The molecule has 4 aromatic rings. The van der Waals surface area contributed by atoms with Crippen molar-refractivity contribution in [2.45, 2.75) is 53.4 Å². The van der Waals surface area contributed by atoms with Gasteiger partial charge in [-0.25, -0.2) is 0 Å². The quantitative estimate of drug-likeness (QED) is 0.0961. The number of azo groups is 1. The molecule has 232 valence electrons. The van der Waals surface area contributed by atoms with Crippen molar-refractivity contribution in [1.29, 1.82) is 0 Å². The van der Waals surface area contributed by atoms with Gasteiger partial charge in [-0.3, -0.25) is 4.79 Å². The number of rotatable bonds is 17. The van der Waals surface area contributed by atoms with Gasteiger partial charge in [0.1, 0.15) is 17.2 Å². The molecule has 1 heterocycles. The SMILES string of the molecule is CCCCOc1cc(NC(=O)c2ccccc2)c(OCCCC)cc1N=Nc1c(OCC)nn(-c2ccccc2)c1OCC. The van der Waals surface area contributed by atoms with Gasteiger partial charge in [0.2, 0.25) is 11.6 Å². The molecule has 10 heteroatoms. The van der Waals surface area contributed by atoms with Crippen molar-refractivity contribution in [2.75, 3.05) is 31.7 Å². The summed E-state index contributed by atoms with van der Waals surface area (Å²) in [6.45, 7) is 9.68. The van der Waals surface area contributed by atoms with Crippen LogP contribution in [-0.4, -0.2) is 42.1 Å². The maximum absolute atomic E-state index is 13.1. The van der Waals surface area contributed by atoms with Crippen LogP contribution in [0.3, 0.4) is 0 Å². The summed E-state index contributed by atoms with van der Waals surface area (Å²) in [5.74, 6) is 1.37. The Labute approximate surface area is 259 Å². The van der Waals surface area contributed by atoms with Crippen molar-refractivity contribution in [3.8, 4) is 28.9 Å². The second-order valence-corrected chi connectivity index (χ2v) is 9.81. The van der Waals surface area contributed by atoms with Gasteiger partial charge in [-0.05, 0) is 51.0 Å². The number of amides is 1. The zero-order chi connectivity index (χ0) is 31.1. The Bertz CT molecular complexity index is 1510. The third kappa shape index (κ3) is 8.37. The summed E-state index contributed by atoms with van der Waals surface area (Å²) < 4.78 is 25.8. The molecule has 0 spiro atoms. The molecule has 1 N–H and O–H groups in total. The summed E-state index contributed by atoms with van der Waals surface area (Å²) in [5, 5.41) is 16.8. The summed E-state index contributed by atoms with van der Waals surface area (Å²) >= 11 is 0. The molecule has 0 aliphatic heterocycles. The molecule has 44 heavy (non-hydrogen) atoms. The predicted octanol–water partition coefficient (Wildman–Crippen LogP) is 8.70. The minimum Gasteiger partial charge on any atom is -0.491 e. The van der Waals surface area contributed by atoms with Crippen LogP contribution in [0.1, 0.15) is 63.7 Å². The van der Waals surface area contributed by atoms with E-state index in [4.69, 9.17) is 18.9 Å². The third-order valence-corrected chi connectivity index (χ3v) is 6.47. The lowest BCUT2D eigenvalue weighted by molar-refractivity contribution is 0.102. The fourth-order valence-electron chi connectivity index (χ4n) is 4.21. The van der Waals surface area contributed by atoms with E-state index in [1.54, 1.807) is 28.9 Å². The molecule has 1 amide bonds. The zero-order valence-electron chi connectivity index (χ0n) is 25.9. The van der Waals surface area contributed by atoms with Crippen molar-refractivity contribution >= 4 is 23.0 Å². The molecular formula is C34H41N5O5. The van der Waals surface area contributed by atoms with Gasteiger partial charge < -0.3 is 24.3 Å². The Hall–Kier alpha value is -4.86. The maximum atomic E-state index is 13.1. The van der Waals surface area contributed by atoms with Crippen molar-refractivity contribution in [3.63, 3.8) is 0 Å². The molecule has 0 fully saturated rings. The van der Waals surface area contributed by atoms with Gasteiger partial charge >= 0.3 is 0 Å². The van der Waals surface area contributed by atoms with E-state index < -0.39 is 0 Å². The molecular weight excluding hydrogens is 558 g/mol. The van der Waals surface area contributed by atoms with Crippen LogP contribution in [0, 0.1) is 0 Å². The number of aromatic nitrogens is 2. The van der Waals surface area contributed by atoms with Gasteiger partial charge in [0.15, 0.2) is 0 Å². The number of para-hydroxylation sites is 1. The number of anilines is 1. The predicted molar refractivity (Wildman–Crippen MR) is 172 cm³/mol. The molecule has 0 aliphatic rings. The van der Waals surface area contributed by atoms with E-state index in [0.29, 0.717) is 72.3 Å². The fraction of sp³-hybridized carbons (Fsp3) is 0.353. The normalized spacial score (nSPS) is 11.0. The van der Waals surface area contributed by atoms with Crippen LogP contribution in [-0.2, 0) is 0 Å². The number of hydrogen-bond acceptors (Lipinski definition) is 8. The highest BCUT2D eigenvalue weighted by Gasteiger charge is 2.23. The molecule has 0 aliphatic carbocycles.